The summed E-state index contributed by atoms with van der Waals surface area (Å²) in [6, 6.07) is 0. The Morgan fingerprint density at radius 3 is 2.81 bits per heavy atom. The summed E-state index contributed by atoms with van der Waals surface area (Å²) < 4.78 is 9.70. The number of hydrogen-bond donors (Lipinski definition) is 0. The molecule has 0 radical (unpaired) electrons. The van der Waals surface area contributed by atoms with Crippen molar-refractivity contribution in [2.75, 3.05) is 7.11 Å². The third kappa shape index (κ3) is 2.72. The Kier molecular flexibility index (Phi) is 4.28. The lowest BCUT2D eigenvalue weighted by atomic mass is 9.90. The topological polar surface area (TPSA) is 52.6 Å². The van der Waals surface area contributed by atoms with Crippen LogP contribution in [0.3, 0.4) is 0 Å². The van der Waals surface area contributed by atoms with Gasteiger partial charge >= 0.3 is 11.9 Å². The molecule has 16 heavy (non-hydrogen) atoms. The maximum Gasteiger partial charge on any atom is 0.333 e. The van der Waals surface area contributed by atoms with E-state index in [9.17, 15) is 9.59 Å². The third-order valence-corrected chi connectivity index (χ3v) is 2.57. The van der Waals surface area contributed by atoms with Crippen molar-refractivity contribution >= 4 is 11.9 Å². The first-order chi connectivity index (χ1) is 7.60. The maximum atomic E-state index is 11.4. The van der Waals surface area contributed by atoms with Crippen LogP contribution in [0.5, 0.6) is 0 Å². The zero-order valence-corrected chi connectivity index (χ0v) is 9.56. The lowest BCUT2D eigenvalue weighted by Gasteiger charge is -2.21. The van der Waals surface area contributed by atoms with Crippen molar-refractivity contribution in [2.24, 2.45) is 5.92 Å². The van der Waals surface area contributed by atoms with Crippen molar-refractivity contribution in [3.8, 4) is 0 Å². The molecule has 0 saturated carbocycles. The molecule has 0 amide bonds. The molecule has 0 bridgehead atoms. The Bertz CT molecular complexity index is 330. The molecule has 2 atom stereocenters. The summed E-state index contributed by atoms with van der Waals surface area (Å²) in [6.07, 6.45) is 4.26. The van der Waals surface area contributed by atoms with E-state index in [0.717, 1.165) is 12.8 Å². The first-order valence-corrected chi connectivity index (χ1v) is 5.26. The zero-order chi connectivity index (χ0) is 12.1. The number of hydrogen-bond acceptors (Lipinski definition) is 4. The highest BCUT2D eigenvalue weighted by Crippen LogP contribution is 2.26. The van der Waals surface area contributed by atoms with Crippen LogP contribution in [0.1, 0.15) is 19.8 Å². The van der Waals surface area contributed by atoms with E-state index in [4.69, 9.17) is 4.74 Å². The smallest absolute Gasteiger partial charge is 0.333 e. The second kappa shape index (κ2) is 5.49. The molecule has 1 aliphatic rings. The number of rotatable bonds is 5. The number of ether oxygens (including phenoxy) is 2. The van der Waals surface area contributed by atoms with Crippen LogP contribution < -0.4 is 0 Å². The standard InChI is InChI=1S/C12H16O4/c1-4-5-9(8(2)12(14)15-3)10-6-7-11(13)16-10/h6-7,9-10H,2,4-5H2,1,3H3/t9-,10+/m1/s1. The lowest BCUT2D eigenvalue weighted by Crippen LogP contribution is -2.26. The van der Waals surface area contributed by atoms with E-state index in [1.54, 1.807) is 6.08 Å². The molecule has 1 heterocycles. The largest absolute Gasteiger partial charge is 0.466 e. The number of cyclic esters (lactones) is 1. The van der Waals surface area contributed by atoms with Crippen molar-refractivity contribution in [3.05, 3.63) is 24.3 Å². The molecule has 1 rings (SSSR count). The van der Waals surface area contributed by atoms with Crippen LogP contribution >= 0.6 is 0 Å². The van der Waals surface area contributed by atoms with Gasteiger partial charge in [-0.05, 0) is 12.5 Å². The summed E-state index contributed by atoms with van der Waals surface area (Å²) in [5, 5.41) is 0. The summed E-state index contributed by atoms with van der Waals surface area (Å²) in [5.41, 5.74) is 0.355. The Morgan fingerprint density at radius 1 is 1.69 bits per heavy atom. The SMILES string of the molecule is C=C(C(=O)OC)[C@@H](CCC)[C@@H]1C=CC(=O)O1. The van der Waals surface area contributed by atoms with Gasteiger partial charge in [0.1, 0.15) is 6.10 Å². The van der Waals surface area contributed by atoms with Gasteiger partial charge in [0.05, 0.1) is 7.11 Å². The molecule has 0 saturated heterocycles. The molecular formula is C12H16O4. The van der Waals surface area contributed by atoms with Crippen molar-refractivity contribution < 1.29 is 19.1 Å². The average Bonchev–Trinajstić information content (AvgIpc) is 2.70. The second-order valence-electron chi connectivity index (χ2n) is 3.67. The quantitative estimate of drug-likeness (QED) is 0.526. The minimum Gasteiger partial charge on any atom is -0.466 e. The molecule has 0 fully saturated rings. The van der Waals surface area contributed by atoms with Crippen LogP contribution in [0.15, 0.2) is 24.3 Å². The fourth-order valence-corrected chi connectivity index (χ4v) is 1.73. The summed E-state index contributed by atoms with van der Waals surface area (Å²) >= 11 is 0. The van der Waals surface area contributed by atoms with Gasteiger partial charge in [0.2, 0.25) is 0 Å². The van der Waals surface area contributed by atoms with Crippen molar-refractivity contribution in [1.29, 1.82) is 0 Å². The van der Waals surface area contributed by atoms with Gasteiger partial charge < -0.3 is 9.47 Å². The van der Waals surface area contributed by atoms with Gasteiger partial charge in [-0.15, -0.1) is 0 Å². The highest BCUT2D eigenvalue weighted by atomic mass is 16.5. The lowest BCUT2D eigenvalue weighted by molar-refractivity contribution is -0.142. The predicted molar refractivity (Wildman–Crippen MR) is 58.6 cm³/mol. The maximum absolute atomic E-state index is 11.4. The molecule has 1 aliphatic heterocycles. The minimum absolute atomic E-state index is 0.194. The van der Waals surface area contributed by atoms with Gasteiger partial charge in [0.25, 0.3) is 0 Å². The molecule has 0 aromatic heterocycles. The fourth-order valence-electron chi connectivity index (χ4n) is 1.73. The monoisotopic (exact) mass is 224 g/mol. The fraction of sp³-hybridized carbons (Fsp3) is 0.500. The van der Waals surface area contributed by atoms with Crippen LogP contribution in [0.2, 0.25) is 0 Å². The number of carbonyl (C=O) groups is 2. The molecule has 0 unspecified atom stereocenters. The molecular weight excluding hydrogens is 208 g/mol. The highest BCUT2D eigenvalue weighted by Gasteiger charge is 2.31. The Balaban J connectivity index is 2.75. The average molecular weight is 224 g/mol. The Labute approximate surface area is 94.9 Å². The van der Waals surface area contributed by atoms with E-state index in [2.05, 4.69) is 11.3 Å². The van der Waals surface area contributed by atoms with Gasteiger partial charge in [-0.3, -0.25) is 0 Å². The summed E-state index contributed by atoms with van der Waals surface area (Å²) in [5.74, 6) is -1.02. The van der Waals surface area contributed by atoms with E-state index >= 15 is 0 Å². The van der Waals surface area contributed by atoms with Gasteiger partial charge in [-0.25, -0.2) is 9.59 Å². The molecule has 0 N–H and O–H groups in total. The zero-order valence-electron chi connectivity index (χ0n) is 9.56. The molecule has 0 aromatic rings. The van der Waals surface area contributed by atoms with E-state index < -0.39 is 5.97 Å². The minimum atomic E-state index is -0.449. The van der Waals surface area contributed by atoms with E-state index in [0.29, 0.717) is 5.57 Å². The number of esters is 2. The van der Waals surface area contributed by atoms with Gasteiger partial charge in [0, 0.05) is 17.6 Å². The van der Waals surface area contributed by atoms with Crippen molar-refractivity contribution in [3.63, 3.8) is 0 Å². The third-order valence-electron chi connectivity index (χ3n) is 2.57. The second-order valence-corrected chi connectivity index (χ2v) is 3.67. The van der Waals surface area contributed by atoms with Gasteiger partial charge in [0.15, 0.2) is 0 Å². The van der Waals surface area contributed by atoms with Crippen molar-refractivity contribution in [1.82, 2.24) is 0 Å². The van der Waals surface area contributed by atoms with Crippen LogP contribution in [-0.2, 0) is 19.1 Å². The van der Waals surface area contributed by atoms with Gasteiger partial charge in [-0.2, -0.15) is 0 Å². The van der Waals surface area contributed by atoms with Crippen LogP contribution in [0.4, 0.5) is 0 Å². The predicted octanol–water partition coefficient (Wildman–Crippen LogP) is 1.61. The van der Waals surface area contributed by atoms with E-state index in [-0.39, 0.29) is 18.0 Å². The van der Waals surface area contributed by atoms with Crippen LogP contribution in [0, 0.1) is 5.92 Å². The van der Waals surface area contributed by atoms with Gasteiger partial charge in [-0.1, -0.05) is 19.9 Å². The number of methoxy groups -OCH3 is 1. The molecule has 0 aromatic carbocycles. The normalized spacial score (nSPS) is 20.4. The molecule has 0 aliphatic carbocycles. The van der Waals surface area contributed by atoms with Crippen LogP contribution in [-0.4, -0.2) is 25.2 Å². The summed E-state index contributed by atoms with van der Waals surface area (Å²) in [4.78, 5) is 22.3. The molecule has 88 valence electrons. The number of carbonyl (C=O) groups excluding carboxylic acids is 2. The van der Waals surface area contributed by atoms with Crippen LogP contribution in [0.25, 0.3) is 0 Å². The highest BCUT2D eigenvalue weighted by molar-refractivity contribution is 5.89. The van der Waals surface area contributed by atoms with Crippen molar-refractivity contribution in [2.45, 2.75) is 25.9 Å². The Hall–Kier alpha value is -1.58. The molecule has 4 heteroatoms. The van der Waals surface area contributed by atoms with E-state index in [1.807, 2.05) is 6.92 Å². The first-order valence-electron chi connectivity index (χ1n) is 5.26. The molecule has 0 spiro atoms. The summed E-state index contributed by atoms with van der Waals surface area (Å²) in [6.45, 7) is 5.71. The Morgan fingerprint density at radius 2 is 2.38 bits per heavy atom. The van der Waals surface area contributed by atoms with E-state index in [1.165, 1.54) is 13.2 Å². The summed E-state index contributed by atoms with van der Waals surface area (Å²) in [7, 11) is 1.31. The molecule has 4 nitrogen and oxygen atoms in total. The first kappa shape index (κ1) is 12.5.